The first-order valence-electron chi connectivity index (χ1n) is 9.57. The van der Waals surface area contributed by atoms with E-state index in [1.54, 1.807) is 14.0 Å². The summed E-state index contributed by atoms with van der Waals surface area (Å²) in [5, 5.41) is 0.680. The Morgan fingerprint density at radius 2 is 2.03 bits per heavy atom. The van der Waals surface area contributed by atoms with E-state index in [1.807, 2.05) is 29.7 Å². The predicted molar refractivity (Wildman–Crippen MR) is 116 cm³/mol. The van der Waals surface area contributed by atoms with E-state index in [-0.39, 0.29) is 23.7 Å². The highest BCUT2D eigenvalue weighted by atomic mass is 35.5. The fourth-order valence-corrected chi connectivity index (χ4v) is 4.18. The molecular formula is C21H24ClN5O2. The monoisotopic (exact) mass is 413 g/mol. The van der Waals surface area contributed by atoms with E-state index in [1.165, 1.54) is 9.13 Å². The molecule has 152 valence electrons. The van der Waals surface area contributed by atoms with Crippen LogP contribution in [0.15, 0.2) is 39.9 Å². The van der Waals surface area contributed by atoms with Crippen molar-refractivity contribution >= 4 is 34.4 Å². The minimum absolute atomic E-state index is 0.189. The molecule has 1 aliphatic rings. The number of benzene rings is 1. The minimum Gasteiger partial charge on any atom is -0.311 e. The number of hydrogen-bond acceptors (Lipinski definition) is 4. The smallest absolute Gasteiger partial charge is 0.311 e. The number of nitrogens with zero attached hydrogens (tertiary/aromatic N) is 5. The lowest BCUT2D eigenvalue weighted by molar-refractivity contribution is 0.457. The fourth-order valence-electron chi connectivity index (χ4n) is 4.01. The third-order valence-corrected chi connectivity index (χ3v) is 5.81. The number of anilines is 2. The summed E-state index contributed by atoms with van der Waals surface area (Å²) >= 11 is 6.35. The Morgan fingerprint density at radius 1 is 1.31 bits per heavy atom. The zero-order chi connectivity index (χ0) is 21.0. The predicted octanol–water partition coefficient (Wildman–Crippen LogP) is 3.22. The molecule has 29 heavy (non-hydrogen) atoms. The first-order valence-corrected chi connectivity index (χ1v) is 9.95. The van der Waals surface area contributed by atoms with Crippen LogP contribution in [0.4, 0.5) is 11.6 Å². The number of rotatable bonds is 3. The topological polar surface area (TPSA) is 65.1 Å². The lowest BCUT2D eigenvalue weighted by Gasteiger charge is -2.34. The fraction of sp³-hybridized carbons (Fsp3) is 0.381. The van der Waals surface area contributed by atoms with Crippen LogP contribution in [0.1, 0.15) is 19.4 Å². The molecule has 7 nitrogen and oxygen atoms in total. The van der Waals surface area contributed by atoms with Gasteiger partial charge in [-0.2, -0.15) is 4.98 Å². The largest absolute Gasteiger partial charge is 0.332 e. The number of aromatic nitrogens is 4. The van der Waals surface area contributed by atoms with Gasteiger partial charge in [-0.3, -0.25) is 13.9 Å². The molecule has 1 atom stereocenters. The van der Waals surface area contributed by atoms with Crippen molar-refractivity contribution in [1.82, 2.24) is 18.7 Å². The van der Waals surface area contributed by atoms with Crippen LogP contribution in [-0.2, 0) is 20.1 Å². The summed E-state index contributed by atoms with van der Waals surface area (Å²) in [6.07, 6.45) is 0. The first-order chi connectivity index (χ1) is 13.7. The highest BCUT2D eigenvalue weighted by Crippen LogP contribution is 2.36. The maximum atomic E-state index is 13.2. The summed E-state index contributed by atoms with van der Waals surface area (Å²) in [4.78, 5) is 32.8. The number of imidazole rings is 1. The van der Waals surface area contributed by atoms with Crippen LogP contribution in [0.25, 0.3) is 11.2 Å². The van der Waals surface area contributed by atoms with Crippen LogP contribution in [0, 0.1) is 12.8 Å². The van der Waals surface area contributed by atoms with Crippen molar-refractivity contribution < 1.29 is 0 Å². The summed E-state index contributed by atoms with van der Waals surface area (Å²) in [7, 11) is 1.65. The van der Waals surface area contributed by atoms with Gasteiger partial charge in [0.25, 0.3) is 5.56 Å². The van der Waals surface area contributed by atoms with Crippen molar-refractivity contribution in [2.24, 2.45) is 13.0 Å². The molecule has 0 amide bonds. The standard InChI is InChI=1S/C21H24ClN5O2/c1-12(2)9-27-19(28)17-18(24(5)21(27)29)23-20-25(10-13(3)11-26(17)20)16-8-6-7-15(22)14(16)4/h6-8,13H,1,9-11H2,2-5H3. The van der Waals surface area contributed by atoms with E-state index in [0.29, 0.717) is 28.7 Å². The second-order valence-corrected chi connectivity index (χ2v) is 8.39. The van der Waals surface area contributed by atoms with Crippen LogP contribution in [0.5, 0.6) is 0 Å². The average Bonchev–Trinajstić information content (AvgIpc) is 3.04. The molecule has 0 N–H and O–H groups in total. The van der Waals surface area contributed by atoms with Gasteiger partial charge in [-0.25, -0.2) is 4.79 Å². The van der Waals surface area contributed by atoms with E-state index >= 15 is 0 Å². The molecule has 2 aromatic heterocycles. The van der Waals surface area contributed by atoms with Gasteiger partial charge in [-0.05, 0) is 37.5 Å². The highest BCUT2D eigenvalue weighted by Gasteiger charge is 2.30. The molecule has 8 heteroatoms. The van der Waals surface area contributed by atoms with Gasteiger partial charge in [0.05, 0.1) is 6.54 Å². The van der Waals surface area contributed by atoms with Gasteiger partial charge in [-0.15, -0.1) is 0 Å². The number of halogens is 1. The van der Waals surface area contributed by atoms with Gasteiger partial charge in [0.15, 0.2) is 11.2 Å². The lowest BCUT2D eigenvalue weighted by atomic mass is 10.1. The molecule has 0 saturated heterocycles. The Labute approximate surface area is 173 Å². The highest BCUT2D eigenvalue weighted by molar-refractivity contribution is 6.31. The second kappa shape index (κ2) is 6.91. The molecular weight excluding hydrogens is 390 g/mol. The van der Waals surface area contributed by atoms with E-state index in [0.717, 1.165) is 23.4 Å². The first kappa shape index (κ1) is 19.5. The molecule has 0 fully saturated rings. The molecule has 0 bridgehead atoms. The number of allylic oxidation sites excluding steroid dienone is 1. The second-order valence-electron chi connectivity index (χ2n) is 7.98. The maximum Gasteiger partial charge on any atom is 0.332 e. The summed E-state index contributed by atoms with van der Waals surface area (Å²) in [5.41, 5.74) is 2.77. The van der Waals surface area contributed by atoms with Gasteiger partial charge in [-0.1, -0.05) is 36.7 Å². The maximum absolute atomic E-state index is 13.2. The summed E-state index contributed by atoms with van der Waals surface area (Å²) in [6.45, 7) is 11.3. The van der Waals surface area contributed by atoms with E-state index in [9.17, 15) is 9.59 Å². The Kier molecular flexibility index (Phi) is 4.65. The normalized spacial score (nSPS) is 16.3. The third kappa shape index (κ3) is 3.00. The molecule has 0 aliphatic carbocycles. The molecule has 4 rings (SSSR count). The van der Waals surface area contributed by atoms with Gasteiger partial charge >= 0.3 is 5.69 Å². The molecule has 3 heterocycles. The van der Waals surface area contributed by atoms with Gasteiger partial charge in [0, 0.05) is 30.8 Å². The number of hydrogen-bond donors (Lipinski definition) is 0. The minimum atomic E-state index is -0.389. The van der Waals surface area contributed by atoms with E-state index < -0.39 is 0 Å². The molecule has 0 radical (unpaired) electrons. The zero-order valence-electron chi connectivity index (χ0n) is 17.1. The van der Waals surface area contributed by atoms with Crippen LogP contribution in [0.3, 0.4) is 0 Å². The summed E-state index contributed by atoms with van der Waals surface area (Å²) < 4.78 is 4.60. The van der Waals surface area contributed by atoms with Gasteiger partial charge in [0.1, 0.15) is 0 Å². The van der Waals surface area contributed by atoms with Crippen molar-refractivity contribution in [2.75, 3.05) is 11.4 Å². The Morgan fingerprint density at radius 3 is 2.72 bits per heavy atom. The van der Waals surface area contributed by atoms with Crippen molar-refractivity contribution in [1.29, 1.82) is 0 Å². The van der Waals surface area contributed by atoms with Crippen LogP contribution in [0.2, 0.25) is 5.02 Å². The third-order valence-electron chi connectivity index (χ3n) is 5.40. The average molecular weight is 414 g/mol. The molecule has 0 spiro atoms. The Balaban J connectivity index is 2.04. The summed E-state index contributed by atoms with van der Waals surface area (Å²) in [5.74, 6) is 0.938. The zero-order valence-corrected chi connectivity index (χ0v) is 17.8. The van der Waals surface area contributed by atoms with E-state index in [2.05, 4.69) is 18.4 Å². The van der Waals surface area contributed by atoms with Crippen molar-refractivity contribution in [3.63, 3.8) is 0 Å². The van der Waals surface area contributed by atoms with Crippen LogP contribution in [-0.4, -0.2) is 25.2 Å². The van der Waals surface area contributed by atoms with Crippen molar-refractivity contribution in [3.8, 4) is 0 Å². The number of fused-ring (bicyclic) bond motifs is 3. The van der Waals surface area contributed by atoms with E-state index in [4.69, 9.17) is 16.6 Å². The molecule has 0 saturated carbocycles. The van der Waals surface area contributed by atoms with Crippen molar-refractivity contribution in [3.05, 3.63) is 61.8 Å². The Hall–Kier alpha value is -2.80. The SMILES string of the molecule is C=C(C)Cn1c(=O)c2c(nc3n2CC(C)CN3c2cccc(Cl)c2C)n(C)c1=O. The quantitative estimate of drug-likeness (QED) is 0.618. The number of aryl methyl sites for hydroxylation is 1. The molecule has 1 aromatic carbocycles. The molecule has 1 unspecified atom stereocenters. The lowest BCUT2D eigenvalue weighted by Crippen LogP contribution is -2.40. The Bertz CT molecular complexity index is 1270. The molecule has 3 aromatic rings. The van der Waals surface area contributed by atoms with Crippen molar-refractivity contribution in [2.45, 2.75) is 33.9 Å². The van der Waals surface area contributed by atoms with Gasteiger partial charge in [0.2, 0.25) is 5.95 Å². The van der Waals surface area contributed by atoms with Gasteiger partial charge < -0.3 is 9.47 Å². The molecule has 1 aliphatic heterocycles. The van der Waals surface area contributed by atoms with Crippen LogP contribution < -0.4 is 16.1 Å². The van der Waals surface area contributed by atoms with Crippen LogP contribution >= 0.6 is 11.6 Å². The summed E-state index contributed by atoms with van der Waals surface area (Å²) in [6, 6.07) is 5.77.